The average Bonchev–Trinajstić information content (AvgIpc) is 2.76. The molecule has 5 atom stereocenters. The topological polar surface area (TPSA) is 100 Å². The van der Waals surface area contributed by atoms with Gasteiger partial charge in [0, 0.05) is 6.54 Å². The molecule has 0 bridgehead atoms. The SMILES string of the molecule is CCNC1=N[C@@H]2[C@@H](O)[C@H](O)[C@@H](C(=O)OC)O[C@@H]2S1. The summed E-state index contributed by atoms with van der Waals surface area (Å²) in [6.07, 6.45) is -3.64. The maximum absolute atomic E-state index is 11.4. The first-order valence-corrected chi connectivity index (χ1v) is 6.54. The largest absolute Gasteiger partial charge is 0.467 e. The van der Waals surface area contributed by atoms with Crippen LogP contribution in [0.5, 0.6) is 0 Å². The van der Waals surface area contributed by atoms with E-state index in [2.05, 4.69) is 15.0 Å². The molecule has 0 aromatic heterocycles. The van der Waals surface area contributed by atoms with Crippen LogP contribution >= 0.6 is 11.8 Å². The monoisotopic (exact) mass is 276 g/mol. The zero-order valence-electron chi connectivity index (χ0n) is 10.1. The van der Waals surface area contributed by atoms with Crippen LogP contribution in [-0.2, 0) is 14.3 Å². The lowest BCUT2D eigenvalue weighted by molar-refractivity contribution is -0.187. The number of fused-ring (bicyclic) bond motifs is 1. The Morgan fingerprint density at radius 3 is 2.89 bits per heavy atom. The zero-order chi connectivity index (χ0) is 13.3. The molecule has 0 radical (unpaired) electrons. The third kappa shape index (κ3) is 2.33. The van der Waals surface area contributed by atoms with Crippen molar-refractivity contribution in [3.05, 3.63) is 0 Å². The molecule has 7 nitrogen and oxygen atoms in total. The predicted octanol–water partition coefficient (Wildman–Crippen LogP) is -1.31. The second kappa shape index (κ2) is 5.43. The Morgan fingerprint density at radius 2 is 2.28 bits per heavy atom. The fourth-order valence-electron chi connectivity index (χ4n) is 1.91. The number of amidine groups is 1. The summed E-state index contributed by atoms with van der Waals surface area (Å²) < 4.78 is 9.98. The lowest BCUT2D eigenvalue weighted by Crippen LogP contribution is -2.57. The molecule has 18 heavy (non-hydrogen) atoms. The minimum atomic E-state index is -1.33. The predicted molar refractivity (Wildman–Crippen MR) is 65.2 cm³/mol. The number of ether oxygens (including phenoxy) is 2. The van der Waals surface area contributed by atoms with E-state index in [4.69, 9.17) is 4.74 Å². The van der Waals surface area contributed by atoms with Gasteiger partial charge in [-0.05, 0) is 6.92 Å². The van der Waals surface area contributed by atoms with Crippen LogP contribution in [-0.4, -0.2) is 64.8 Å². The van der Waals surface area contributed by atoms with Crippen LogP contribution in [0.15, 0.2) is 4.99 Å². The lowest BCUT2D eigenvalue weighted by Gasteiger charge is -2.36. The highest BCUT2D eigenvalue weighted by atomic mass is 32.2. The third-order valence-corrected chi connectivity index (χ3v) is 3.92. The summed E-state index contributed by atoms with van der Waals surface area (Å²) in [5.41, 5.74) is -0.485. The Morgan fingerprint density at radius 1 is 1.56 bits per heavy atom. The Balaban J connectivity index is 2.11. The van der Waals surface area contributed by atoms with Crippen molar-refractivity contribution in [2.45, 2.75) is 36.7 Å². The smallest absolute Gasteiger partial charge is 0.337 e. The van der Waals surface area contributed by atoms with E-state index in [1.807, 2.05) is 6.92 Å². The number of rotatable bonds is 2. The van der Waals surface area contributed by atoms with Crippen molar-refractivity contribution < 1.29 is 24.5 Å². The Labute approximate surface area is 109 Å². The van der Waals surface area contributed by atoms with Crippen LogP contribution in [0.25, 0.3) is 0 Å². The van der Waals surface area contributed by atoms with Gasteiger partial charge in [-0.15, -0.1) is 0 Å². The highest BCUT2D eigenvalue weighted by molar-refractivity contribution is 8.14. The van der Waals surface area contributed by atoms with Crippen molar-refractivity contribution in [1.82, 2.24) is 5.32 Å². The third-order valence-electron chi connectivity index (χ3n) is 2.83. The highest BCUT2D eigenvalue weighted by Crippen LogP contribution is 2.36. The number of thioether (sulfide) groups is 1. The van der Waals surface area contributed by atoms with Crippen molar-refractivity contribution in [3.63, 3.8) is 0 Å². The molecule has 8 heteroatoms. The molecule has 0 saturated carbocycles. The quantitative estimate of drug-likeness (QED) is 0.538. The summed E-state index contributed by atoms with van der Waals surface area (Å²) in [4.78, 5) is 15.7. The van der Waals surface area contributed by atoms with E-state index in [1.165, 1.54) is 18.9 Å². The summed E-state index contributed by atoms with van der Waals surface area (Å²) in [6.45, 7) is 2.62. The minimum absolute atomic E-state index is 0.485. The number of nitrogens with one attached hydrogen (secondary N) is 1. The van der Waals surface area contributed by atoms with Crippen molar-refractivity contribution in [1.29, 1.82) is 0 Å². The normalized spacial score (nSPS) is 38.9. The number of aliphatic hydroxyl groups is 2. The molecule has 102 valence electrons. The molecule has 2 aliphatic rings. The number of methoxy groups -OCH3 is 1. The molecule has 2 aliphatic heterocycles. The number of nitrogens with zero attached hydrogens (tertiary/aromatic N) is 1. The zero-order valence-corrected chi connectivity index (χ0v) is 10.9. The first-order chi connectivity index (χ1) is 8.58. The number of aliphatic hydroxyl groups excluding tert-OH is 2. The van der Waals surface area contributed by atoms with Crippen molar-refractivity contribution in [2.75, 3.05) is 13.7 Å². The summed E-state index contributed by atoms with van der Waals surface area (Å²) in [5, 5.41) is 23.5. The van der Waals surface area contributed by atoms with Gasteiger partial charge in [0.15, 0.2) is 11.3 Å². The number of carbonyl (C=O) groups is 1. The number of hydrogen-bond donors (Lipinski definition) is 3. The number of carbonyl (C=O) groups excluding carboxylic acids is 1. The van der Waals surface area contributed by atoms with E-state index in [1.54, 1.807) is 0 Å². The first kappa shape index (κ1) is 13.6. The molecule has 0 aliphatic carbocycles. The average molecular weight is 276 g/mol. The molecule has 0 aromatic carbocycles. The summed E-state index contributed by atoms with van der Waals surface area (Å²) in [6, 6.07) is -0.569. The van der Waals surface area contributed by atoms with Crippen LogP contribution in [0, 0.1) is 0 Å². The van der Waals surface area contributed by atoms with Gasteiger partial charge in [-0.2, -0.15) is 0 Å². The van der Waals surface area contributed by atoms with E-state index in [-0.39, 0.29) is 0 Å². The number of esters is 1. The van der Waals surface area contributed by atoms with Crippen LogP contribution in [0.4, 0.5) is 0 Å². The number of hydrogen-bond acceptors (Lipinski definition) is 8. The number of aliphatic imine (C=N–C) groups is 1. The van der Waals surface area contributed by atoms with Gasteiger partial charge >= 0.3 is 5.97 Å². The van der Waals surface area contributed by atoms with E-state index in [0.717, 1.165) is 0 Å². The molecular formula is C10H16N2O5S. The van der Waals surface area contributed by atoms with Gasteiger partial charge in [0.2, 0.25) is 0 Å². The fraction of sp³-hybridized carbons (Fsp3) is 0.800. The molecule has 3 N–H and O–H groups in total. The molecule has 0 spiro atoms. The summed E-state index contributed by atoms with van der Waals surface area (Å²) >= 11 is 1.29. The Kier molecular flexibility index (Phi) is 4.10. The molecule has 2 heterocycles. The van der Waals surface area contributed by atoms with Crippen molar-refractivity contribution >= 4 is 22.9 Å². The molecule has 0 aromatic rings. The van der Waals surface area contributed by atoms with Crippen LogP contribution < -0.4 is 5.32 Å². The van der Waals surface area contributed by atoms with Gasteiger partial charge in [0.05, 0.1) is 7.11 Å². The highest BCUT2D eigenvalue weighted by Gasteiger charge is 2.50. The fourth-order valence-corrected chi connectivity index (χ4v) is 3.07. The summed E-state index contributed by atoms with van der Waals surface area (Å²) in [5.74, 6) is -0.697. The van der Waals surface area contributed by atoms with Gasteiger partial charge in [-0.1, -0.05) is 11.8 Å². The standard InChI is InChI=1S/C10H16N2O5S/c1-3-11-10-12-4-5(13)6(14)7(8(15)16-2)17-9(4)18-10/h4-7,9,13-14H,3H2,1-2H3,(H,11,12)/t4-,5-,6+,7+,9-/m1/s1. The molecule has 1 fully saturated rings. The Hall–Kier alpha value is -0.830. The van der Waals surface area contributed by atoms with E-state index in [9.17, 15) is 15.0 Å². The van der Waals surface area contributed by atoms with E-state index < -0.39 is 35.8 Å². The Bertz CT molecular complexity index is 364. The lowest BCUT2D eigenvalue weighted by atomic mass is 9.98. The van der Waals surface area contributed by atoms with Crippen molar-refractivity contribution in [3.8, 4) is 0 Å². The maximum atomic E-state index is 11.4. The molecule has 2 rings (SSSR count). The van der Waals surface area contributed by atoms with Gasteiger partial charge in [-0.25, -0.2) is 4.79 Å². The molecule has 0 amide bonds. The van der Waals surface area contributed by atoms with Gasteiger partial charge in [0.1, 0.15) is 23.7 Å². The van der Waals surface area contributed by atoms with Gasteiger partial charge in [0.25, 0.3) is 0 Å². The van der Waals surface area contributed by atoms with E-state index in [0.29, 0.717) is 11.7 Å². The van der Waals surface area contributed by atoms with Crippen LogP contribution in [0.2, 0.25) is 0 Å². The minimum Gasteiger partial charge on any atom is -0.467 e. The first-order valence-electron chi connectivity index (χ1n) is 5.66. The van der Waals surface area contributed by atoms with Gasteiger partial charge < -0.3 is 25.0 Å². The second-order valence-corrected chi connectivity index (χ2v) is 5.09. The van der Waals surface area contributed by atoms with Crippen LogP contribution in [0.3, 0.4) is 0 Å². The summed E-state index contributed by atoms with van der Waals surface area (Å²) in [7, 11) is 1.21. The van der Waals surface area contributed by atoms with E-state index >= 15 is 0 Å². The van der Waals surface area contributed by atoms with Gasteiger partial charge in [-0.3, -0.25) is 4.99 Å². The molecular weight excluding hydrogens is 260 g/mol. The van der Waals surface area contributed by atoms with Crippen LogP contribution in [0.1, 0.15) is 6.92 Å². The maximum Gasteiger partial charge on any atom is 0.337 e. The van der Waals surface area contributed by atoms with Crippen molar-refractivity contribution in [2.24, 2.45) is 4.99 Å². The second-order valence-electron chi connectivity index (χ2n) is 4.00. The molecule has 1 saturated heterocycles. The molecule has 0 unspecified atom stereocenters.